The van der Waals surface area contributed by atoms with Gasteiger partial charge in [0.2, 0.25) is 5.91 Å². The summed E-state index contributed by atoms with van der Waals surface area (Å²) in [4.78, 5) is 12.4. The molecule has 0 radical (unpaired) electrons. The van der Waals surface area contributed by atoms with Crippen molar-refractivity contribution >= 4 is 17.4 Å². The van der Waals surface area contributed by atoms with E-state index in [1.165, 1.54) is 0 Å². The van der Waals surface area contributed by atoms with E-state index in [4.69, 9.17) is 4.74 Å². The predicted octanol–water partition coefficient (Wildman–Crippen LogP) is 0.752. The number of fused-ring (bicyclic) bond motifs is 2. The van der Waals surface area contributed by atoms with Gasteiger partial charge in [0, 0.05) is 7.05 Å². The average Bonchev–Trinajstić information content (AvgIpc) is 2.82. The Balaban J connectivity index is 2.09. The van der Waals surface area contributed by atoms with E-state index < -0.39 is 5.41 Å². The average molecular weight is 250 g/mol. The predicted molar refractivity (Wildman–Crippen MR) is 67.6 cm³/mol. The van der Waals surface area contributed by atoms with Crippen LogP contribution in [0.5, 0.6) is 0 Å². The standard InChI is InChI=1S/C12H18N4O2/c1-4-7-9-10(16(3)15-7)13-8-5-18-6-12(8,2)11(17)14-9/h8,13H,4-6H2,1-3H3,(H,14,17). The zero-order valence-electron chi connectivity index (χ0n) is 10.9. The molecule has 6 heteroatoms. The molecule has 18 heavy (non-hydrogen) atoms. The number of hydrogen-bond donors (Lipinski definition) is 2. The lowest BCUT2D eigenvalue weighted by molar-refractivity contribution is -0.124. The van der Waals surface area contributed by atoms with Crippen molar-refractivity contribution in [2.45, 2.75) is 26.3 Å². The van der Waals surface area contributed by atoms with Crippen molar-refractivity contribution in [1.82, 2.24) is 9.78 Å². The van der Waals surface area contributed by atoms with Crippen molar-refractivity contribution in [3.8, 4) is 0 Å². The summed E-state index contributed by atoms with van der Waals surface area (Å²) < 4.78 is 7.25. The molecule has 0 aliphatic carbocycles. The quantitative estimate of drug-likeness (QED) is 0.772. The molecule has 2 N–H and O–H groups in total. The van der Waals surface area contributed by atoms with Gasteiger partial charge >= 0.3 is 0 Å². The number of carbonyl (C=O) groups is 1. The van der Waals surface area contributed by atoms with Gasteiger partial charge < -0.3 is 15.4 Å². The molecule has 3 rings (SSSR count). The number of rotatable bonds is 1. The topological polar surface area (TPSA) is 68.2 Å². The summed E-state index contributed by atoms with van der Waals surface area (Å²) in [5, 5.41) is 10.8. The molecular formula is C12H18N4O2. The summed E-state index contributed by atoms with van der Waals surface area (Å²) in [6.07, 6.45) is 0.795. The fraction of sp³-hybridized carbons (Fsp3) is 0.667. The molecule has 1 amide bonds. The molecule has 2 atom stereocenters. The Morgan fingerprint density at radius 2 is 2.39 bits per heavy atom. The monoisotopic (exact) mass is 250 g/mol. The molecule has 1 aromatic heterocycles. The molecule has 0 saturated carbocycles. The third kappa shape index (κ3) is 1.38. The van der Waals surface area contributed by atoms with Crippen LogP contribution in [0.3, 0.4) is 0 Å². The Morgan fingerprint density at radius 1 is 1.61 bits per heavy atom. The van der Waals surface area contributed by atoms with Crippen LogP contribution < -0.4 is 10.6 Å². The van der Waals surface area contributed by atoms with Crippen LogP contribution in [-0.4, -0.2) is 34.9 Å². The number of aromatic nitrogens is 2. The van der Waals surface area contributed by atoms with Gasteiger partial charge in [0.25, 0.3) is 0 Å². The van der Waals surface area contributed by atoms with E-state index >= 15 is 0 Å². The zero-order chi connectivity index (χ0) is 12.9. The lowest BCUT2D eigenvalue weighted by Gasteiger charge is -2.25. The van der Waals surface area contributed by atoms with Crippen LogP contribution in [0, 0.1) is 5.41 Å². The third-order valence-corrected chi connectivity index (χ3v) is 3.98. The van der Waals surface area contributed by atoms with Crippen molar-refractivity contribution in [2.75, 3.05) is 23.8 Å². The maximum Gasteiger partial charge on any atom is 0.234 e. The second kappa shape index (κ2) is 3.71. The lowest BCUT2D eigenvalue weighted by atomic mass is 9.84. The molecule has 1 fully saturated rings. The molecule has 0 aromatic carbocycles. The second-order valence-electron chi connectivity index (χ2n) is 5.23. The first kappa shape index (κ1) is 11.5. The zero-order valence-corrected chi connectivity index (χ0v) is 10.9. The highest BCUT2D eigenvalue weighted by atomic mass is 16.5. The van der Waals surface area contributed by atoms with Gasteiger partial charge in [-0.25, -0.2) is 0 Å². The number of carbonyl (C=O) groups excluding carboxylic acids is 1. The van der Waals surface area contributed by atoms with Crippen LogP contribution in [0.2, 0.25) is 0 Å². The summed E-state index contributed by atoms with van der Waals surface area (Å²) >= 11 is 0. The number of aryl methyl sites for hydroxylation is 2. The van der Waals surface area contributed by atoms with Crippen LogP contribution in [-0.2, 0) is 23.0 Å². The van der Waals surface area contributed by atoms with Crippen LogP contribution in [0.25, 0.3) is 0 Å². The van der Waals surface area contributed by atoms with E-state index in [1.54, 1.807) is 4.68 Å². The first-order valence-corrected chi connectivity index (χ1v) is 6.28. The Bertz CT molecular complexity index is 510. The van der Waals surface area contributed by atoms with E-state index in [2.05, 4.69) is 15.7 Å². The summed E-state index contributed by atoms with van der Waals surface area (Å²) in [6, 6.07) is -0.00106. The van der Waals surface area contributed by atoms with Gasteiger partial charge in [-0.15, -0.1) is 0 Å². The maximum atomic E-state index is 12.4. The first-order valence-electron chi connectivity index (χ1n) is 6.28. The molecule has 2 aliphatic heterocycles. The van der Waals surface area contributed by atoms with Crippen molar-refractivity contribution in [3.05, 3.63) is 5.69 Å². The highest BCUT2D eigenvalue weighted by molar-refractivity contribution is 6.00. The highest BCUT2D eigenvalue weighted by Gasteiger charge is 2.49. The fourth-order valence-electron chi connectivity index (χ4n) is 2.64. The Morgan fingerprint density at radius 3 is 3.11 bits per heavy atom. The second-order valence-corrected chi connectivity index (χ2v) is 5.23. The summed E-state index contributed by atoms with van der Waals surface area (Å²) in [7, 11) is 1.88. The summed E-state index contributed by atoms with van der Waals surface area (Å²) in [5.74, 6) is 0.887. The molecular weight excluding hydrogens is 232 g/mol. The number of nitrogens with one attached hydrogen (secondary N) is 2. The van der Waals surface area contributed by atoms with Gasteiger partial charge in [-0.3, -0.25) is 9.48 Å². The van der Waals surface area contributed by atoms with Gasteiger partial charge in [-0.2, -0.15) is 5.10 Å². The van der Waals surface area contributed by atoms with E-state index in [-0.39, 0.29) is 11.9 Å². The van der Waals surface area contributed by atoms with Crippen LogP contribution in [0.4, 0.5) is 11.5 Å². The number of nitrogens with zero attached hydrogens (tertiary/aromatic N) is 2. The Labute approximate surface area is 106 Å². The molecule has 98 valence electrons. The SMILES string of the molecule is CCc1nn(C)c2c1NC(=O)C1(C)COCC1N2. The van der Waals surface area contributed by atoms with Crippen LogP contribution in [0.15, 0.2) is 0 Å². The van der Waals surface area contributed by atoms with Crippen LogP contribution >= 0.6 is 0 Å². The minimum atomic E-state index is -0.510. The molecule has 0 bridgehead atoms. The fourth-order valence-corrected chi connectivity index (χ4v) is 2.64. The Kier molecular flexibility index (Phi) is 2.38. The third-order valence-electron chi connectivity index (χ3n) is 3.98. The van der Waals surface area contributed by atoms with E-state index in [1.807, 2.05) is 20.9 Å². The van der Waals surface area contributed by atoms with Gasteiger partial charge in [-0.1, -0.05) is 6.92 Å². The van der Waals surface area contributed by atoms with Gasteiger partial charge in [0.1, 0.15) is 11.5 Å². The minimum Gasteiger partial charge on any atom is -0.378 e. The first-order chi connectivity index (χ1) is 8.56. The maximum absolute atomic E-state index is 12.4. The van der Waals surface area contributed by atoms with Crippen LogP contribution in [0.1, 0.15) is 19.5 Å². The molecule has 3 heterocycles. The molecule has 0 spiro atoms. The highest BCUT2D eigenvalue weighted by Crippen LogP contribution is 2.39. The molecule has 2 unspecified atom stereocenters. The summed E-state index contributed by atoms with van der Waals surface area (Å²) in [6.45, 7) is 4.98. The number of ether oxygens (including phenoxy) is 1. The van der Waals surface area contributed by atoms with Gasteiger partial charge in [0.15, 0.2) is 0 Å². The van der Waals surface area contributed by atoms with Gasteiger partial charge in [-0.05, 0) is 13.3 Å². The largest absolute Gasteiger partial charge is 0.378 e. The van der Waals surface area contributed by atoms with Crippen molar-refractivity contribution < 1.29 is 9.53 Å². The smallest absolute Gasteiger partial charge is 0.234 e. The van der Waals surface area contributed by atoms with Crippen molar-refractivity contribution in [2.24, 2.45) is 12.5 Å². The number of anilines is 2. The lowest BCUT2D eigenvalue weighted by Crippen LogP contribution is -2.44. The normalized spacial score (nSPS) is 30.2. The number of hydrogen-bond acceptors (Lipinski definition) is 4. The van der Waals surface area contributed by atoms with Gasteiger partial charge in [0.05, 0.1) is 30.4 Å². The number of amides is 1. The van der Waals surface area contributed by atoms with E-state index in [9.17, 15) is 4.79 Å². The molecule has 1 saturated heterocycles. The van der Waals surface area contributed by atoms with Crippen molar-refractivity contribution in [1.29, 1.82) is 0 Å². The van der Waals surface area contributed by atoms with E-state index in [0.29, 0.717) is 13.2 Å². The van der Waals surface area contributed by atoms with Crippen molar-refractivity contribution in [3.63, 3.8) is 0 Å². The molecule has 1 aromatic rings. The molecule has 6 nitrogen and oxygen atoms in total. The van der Waals surface area contributed by atoms with E-state index in [0.717, 1.165) is 23.6 Å². The molecule has 2 aliphatic rings. The minimum absolute atomic E-state index is 0.00106. The summed E-state index contributed by atoms with van der Waals surface area (Å²) in [5.41, 5.74) is 1.22. The Hall–Kier alpha value is -1.56.